The molecule has 0 aliphatic carbocycles. The largest absolute Gasteiger partial charge is 0.478 e. The maximum atomic E-state index is 11.9. The number of carboxylic acids is 2. The average molecular weight is 332 g/mol. The molecular formula is C16H12O8. The monoisotopic (exact) mass is 332 g/mol. The number of carbonyl (C=O) groups is 4. The van der Waals surface area contributed by atoms with Crippen LogP contribution in [0.4, 0.5) is 0 Å². The standard InChI is InChI=1S/C16H12O8/c1-23-15(21)7-3-4-9-8(5-7)6-10(13(17)18)12(16(22)24-2)11(9)14(19)20/h3-6H,1-2H3,(H,17,18)(H,19,20). The fourth-order valence-corrected chi connectivity index (χ4v) is 2.36. The predicted octanol–water partition coefficient (Wildman–Crippen LogP) is 1.81. The van der Waals surface area contributed by atoms with E-state index in [1.165, 1.54) is 25.3 Å². The van der Waals surface area contributed by atoms with Crippen molar-refractivity contribution in [1.82, 2.24) is 0 Å². The van der Waals surface area contributed by atoms with Gasteiger partial charge in [0.1, 0.15) is 0 Å². The molecule has 2 rings (SSSR count). The number of carboxylic acid groups (broad SMARTS) is 2. The highest BCUT2D eigenvalue weighted by molar-refractivity contribution is 6.17. The van der Waals surface area contributed by atoms with Crippen LogP contribution in [0.1, 0.15) is 41.4 Å². The molecule has 0 aliphatic heterocycles. The highest BCUT2D eigenvalue weighted by Crippen LogP contribution is 2.28. The topological polar surface area (TPSA) is 127 Å². The van der Waals surface area contributed by atoms with E-state index in [0.717, 1.165) is 13.2 Å². The minimum atomic E-state index is -1.50. The third-order valence-corrected chi connectivity index (χ3v) is 3.39. The molecular weight excluding hydrogens is 320 g/mol. The number of rotatable bonds is 4. The van der Waals surface area contributed by atoms with Crippen molar-refractivity contribution in [3.63, 3.8) is 0 Å². The zero-order valence-corrected chi connectivity index (χ0v) is 12.7. The summed E-state index contributed by atoms with van der Waals surface area (Å²) in [6, 6.07) is 5.04. The van der Waals surface area contributed by atoms with Crippen molar-refractivity contribution in [2.24, 2.45) is 0 Å². The van der Waals surface area contributed by atoms with E-state index in [4.69, 9.17) is 0 Å². The molecule has 2 aromatic rings. The summed E-state index contributed by atoms with van der Waals surface area (Å²) in [7, 11) is 2.20. The minimum Gasteiger partial charge on any atom is -0.478 e. The van der Waals surface area contributed by atoms with Crippen molar-refractivity contribution >= 4 is 34.6 Å². The van der Waals surface area contributed by atoms with Gasteiger partial charge in [-0.25, -0.2) is 19.2 Å². The van der Waals surface area contributed by atoms with Gasteiger partial charge in [-0.3, -0.25) is 0 Å². The SMILES string of the molecule is COC(=O)c1ccc2c(C(=O)O)c(C(=O)OC)c(C(=O)O)cc2c1. The number of carbonyl (C=O) groups excluding carboxylic acids is 2. The molecule has 8 heteroatoms. The van der Waals surface area contributed by atoms with Crippen LogP contribution >= 0.6 is 0 Å². The molecule has 0 unspecified atom stereocenters. The fraction of sp³-hybridized carbons (Fsp3) is 0.125. The van der Waals surface area contributed by atoms with Crippen LogP contribution in [0.3, 0.4) is 0 Å². The zero-order valence-electron chi connectivity index (χ0n) is 12.7. The van der Waals surface area contributed by atoms with Crippen molar-refractivity contribution < 1.29 is 38.9 Å². The Labute approximate surface area is 135 Å². The molecule has 0 heterocycles. The Hall–Kier alpha value is -3.42. The third-order valence-electron chi connectivity index (χ3n) is 3.39. The number of hydrogen-bond acceptors (Lipinski definition) is 6. The van der Waals surface area contributed by atoms with Gasteiger partial charge >= 0.3 is 23.9 Å². The van der Waals surface area contributed by atoms with E-state index >= 15 is 0 Å². The molecule has 0 fully saturated rings. The Kier molecular flexibility index (Phi) is 4.50. The quantitative estimate of drug-likeness (QED) is 0.811. The number of benzene rings is 2. The Morgan fingerprint density at radius 1 is 0.833 bits per heavy atom. The van der Waals surface area contributed by atoms with E-state index in [1.54, 1.807) is 0 Å². The summed E-state index contributed by atoms with van der Waals surface area (Å²) in [4.78, 5) is 46.6. The van der Waals surface area contributed by atoms with Gasteiger partial charge in [-0.2, -0.15) is 0 Å². The van der Waals surface area contributed by atoms with Crippen molar-refractivity contribution in [2.75, 3.05) is 14.2 Å². The Bertz CT molecular complexity index is 881. The molecule has 0 radical (unpaired) electrons. The molecule has 0 saturated heterocycles. The molecule has 0 amide bonds. The normalized spacial score (nSPS) is 10.2. The van der Waals surface area contributed by atoms with Crippen molar-refractivity contribution in [1.29, 1.82) is 0 Å². The van der Waals surface area contributed by atoms with Gasteiger partial charge in [-0.1, -0.05) is 6.07 Å². The molecule has 0 aromatic heterocycles. The smallest absolute Gasteiger partial charge is 0.339 e. The first-order valence-electron chi connectivity index (χ1n) is 6.55. The van der Waals surface area contributed by atoms with Crippen molar-refractivity contribution in [3.8, 4) is 0 Å². The summed E-state index contributed by atoms with van der Waals surface area (Å²) < 4.78 is 9.08. The second kappa shape index (κ2) is 6.37. The first kappa shape index (κ1) is 16.9. The van der Waals surface area contributed by atoms with Gasteiger partial charge in [0.2, 0.25) is 0 Å². The maximum Gasteiger partial charge on any atom is 0.339 e. The van der Waals surface area contributed by atoms with E-state index in [1.807, 2.05) is 0 Å². The minimum absolute atomic E-state index is 0.0977. The zero-order chi connectivity index (χ0) is 18.0. The van der Waals surface area contributed by atoms with E-state index in [-0.39, 0.29) is 16.3 Å². The molecule has 0 spiro atoms. The van der Waals surface area contributed by atoms with Gasteiger partial charge < -0.3 is 19.7 Å². The Balaban J connectivity index is 2.95. The summed E-state index contributed by atoms with van der Waals surface area (Å²) in [5, 5.41) is 19.0. The molecule has 0 aliphatic rings. The Morgan fingerprint density at radius 3 is 1.96 bits per heavy atom. The molecule has 2 aromatic carbocycles. The lowest BCUT2D eigenvalue weighted by atomic mass is 9.93. The van der Waals surface area contributed by atoms with Crippen LogP contribution in [0, 0.1) is 0 Å². The molecule has 0 atom stereocenters. The predicted molar refractivity (Wildman–Crippen MR) is 80.5 cm³/mol. The first-order valence-corrected chi connectivity index (χ1v) is 6.55. The first-order chi connectivity index (χ1) is 11.3. The highest BCUT2D eigenvalue weighted by atomic mass is 16.5. The molecule has 124 valence electrons. The number of hydrogen-bond donors (Lipinski definition) is 2. The van der Waals surface area contributed by atoms with Gasteiger partial charge in [0, 0.05) is 0 Å². The summed E-state index contributed by atoms with van der Waals surface area (Å²) in [6.07, 6.45) is 0. The summed E-state index contributed by atoms with van der Waals surface area (Å²) >= 11 is 0. The van der Waals surface area contributed by atoms with Crippen LogP contribution in [-0.2, 0) is 9.47 Å². The number of methoxy groups -OCH3 is 2. The fourth-order valence-electron chi connectivity index (χ4n) is 2.36. The van der Waals surface area contributed by atoms with E-state index in [2.05, 4.69) is 9.47 Å². The highest BCUT2D eigenvalue weighted by Gasteiger charge is 2.28. The van der Waals surface area contributed by atoms with Crippen LogP contribution in [0.5, 0.6) is 0 Å². The second-order valence-corrected chi connectivity index (χ2v) is 4.70. The van der Waals surface area contributed by atoms with Gasteiger partial charge in [0.05, 0.1) is 36.5 Å². The van der Waals surface area contributed by atoms with E-state index < -0.39 is 40.6 Å². The van der Waals surface area contributed by atoms with Crippen LogP contribution in [0.25, 0.3) is 10.8 Å². The number of fused-ring (bicyclic) bond motifs is 1. The van der Waals surface area contributed by atoms with Crippen molar-refractivity contribution in [3.05, 3.63) is 46.5 Å². The molecule has 2 N–H and O–H groups in total. The van der Waals surface area contributed by atoms with E-state index in [0.29, 0.717) is 0 Å². The lowest BCUT2D eigenvalue weighted by Crippen LogP contribution is -2.17. The average Bonchev–Trinajstić information content (AvgIpc) is 2.57. The summed E-state index contributed by atoms with van der Waals surface area (Å²) in [5.41, 5.74) is -1.48. The van der Waals surface area contributed by atoms with Gasteiger partial charge in [-0.15, -0.1) is 0 Å². The van der Waals surface area contributed by atoms with Crippen LogP contribution in [0.15, 0.2) is 24.3 Å². The second-order valence-electron chi connectivity index (χ2n) is 4.70. The Morgan fingerprint density at radius 2 is 1.46 bits per heavy atom. The lowest BCUT2D eigenvalue weighted by molar-refractivity contribution is 0.0569. The molecule has 24 heavy (non-hydrogen) atoms. The van der Waals surface area contributed by atoms with E-state index in [9.17, 15) is 29.4 Å². The molecule has 0 saturated carbocycles. The summed E-state index contributed by atoms with van der Waals surface area (Å²) in [5.74, 6) is -4.73. The number of aromatic carboxylic acids is 2. The van der Waals surface area contributed by atoms with Crippen LogP contribution < -0.4 is 0 Å². The van der Waals surface area contributed by atoms with Gasteiger partial charge in [0.15, 0.2) is 0 Å². The van der Waals surface area contributed by atoms with Crippen molar-refractivity contribution in [2.45, 2.75) is 0 Å². The number of esters is 2. The molecule has 8 nitrogen and oxygen atoms in total. The summed E-state index contributed by atoms with van der Waals surface area (Å²) in [6.45, 7) is 0. The molecule has 0 bridgehead atoms. The maximum absolute atomic E-state index is 11.9. The van der Waals surface area contributed by atoms with Crippen LogP contribution in [0.2, 0.25) is 0 Å². The van der Waals surface area contributed by atoms with Gasteiger partial charge in [0.25, 0.3) is 0 Å². The third kappa shape index (κ3) is 2.76. The lowest BCUT2D eigenvalue weighted by Gasteiger charge is -2.12. The number of ether oxygens (including phenoxy) is 2. The van der Waals surface area contributed by atoms with Crippen LogP contribution in [-0.4, -0.2) is 48.3 Å². The van der Waals surface area contributed by atoms with Gasteiger partial charge in [-0.05, 0) is 29.0 Å².